The summed E-state index contributed by atoms with van der Waals surface area (Å²) in [5, 5.41) is 19.6. The van der Waals surface area contributed by atoms with Gasteiger partial charge in [0.25, 0.3) is 23.6 Å². The van der Waals surface area contributed by atoms with Crippen molar-refractivity contribution in [2.45, 2.75) is 194 Å². The van der Waals surface area contributed by atoms with E-state index in [0.717, 1.165) is 81.9 Å². The first-order chi connectivity index (χ1) is 38.8. The molecule has 6 fully saturated rings. The van der Waals surface area contributed by atoms with Crippen molar-refractivity contribution >= 4 is 71.3 Å². The van der Waals surface area contributed by atoms with Crippen LogP contribution < -0.4 is 43.6 Å². The van der Waals surface area contributed by atoms with E-state index in [1.54, 1.807) is 29.2 Å². The highest BCUT2D eigenvalue weighted by Gasteiger charge is 2.54. The lowest BCUT2D eigenvalue weighted by atomic mass is 9.80. The minimum Gasteiger partial charge on any atom is -0.554 e. The van der Waals surface area contributed by atoms with Gasteiger partial charge in [-0.15, -0.1) is 0 Å². The molecule has 23 nitrogen and oxygen atoms in total. The number of urea groups is 1. The zero-order chi connectivity index (χ0) is 61.6. The monoisotopic (exact) mass is 1160 g/mol. The van der Waals surface area contributed by atoms with Crippen LogP contribution in [-0.4, -0.2) is 148 Å². The molecule has 8 rings (SSSR count). The van der Waals surface area contributed by atoms with E-state index in [-0.39, 0.29) is 47.9 Å². The predicted octanol–water partition coefficient (Wildman–Crippen LogP) is 1.85. The summed E-state index contributed by atoms with van der Waals surface area (Å²) in [7, 11) is 0. The van der Waals surface area contributed by atoms with Gasteiger partial charge in [-0.1, -0.05) is 126 Å². The number of likely N-dealkylation sites (tertiary alicyclic amines) is 2. The zero-order valence-corrected chi connectivity index (χ0v) is 49.8. The molecule has 7 aliphatic rings. The quantitative estimate of drug-likeness (QED) is 0.0627. The van der Waals surface area contributed by atoms with Crippen molar-refractivity contribution in [2.24, 2.45) is 69.0 Å². The second kappa shape index (κ2) is 26.9. The number of benzene rings is 1. The number of ketones is 2. The minimum atomic E-state index is -1.10. The van der Waals surface area contributed by atoms with Crippen molar-refractivity contribution < 1.29 is 62.6 Å². The van der Waals surface area contributed by atoms with E-state index in [1.165, 1.54) is 4.90 Å². The number of Topliss-reactive ketones (excluding diaryl/α,β-unsaturated/α-hetero) is 2. The molecule has 11 atom stereocenters. The Morgan fingerprint density at radius 1 is 0.590 bits per heavy atom. The number of primary amides is 2. The second-order valence-electron chi connectivity index (χ2n) is 27.3. The Hall–Kier alpha value is -6.78. The Labute approximate surface area is 486 Å². The lowest BCUT2D eigenvalue weighted by Crippen LogP contribution is -2.62. The second-order valence-corrected chi connectivity index (χ2v) is 27.3. The van der Waals surface area contributed by atoms with Gasteiger partial charge in [0.1, 0.15) is 18.1 Å². The number of hydrogen-bond acceptors (Lipinski definition) is 14. The molecule has 10 amide bonds. The zero-order valence-electron chi connectivity index (χ0n) is 49.8. The van der Waals surface area contributed by atoms with E-state index < -0.39 is 118 Å². The van der Waals surface area contributed by atoms with E-state index in [4.69, 9.17) is 27.1 Å². The van der Waals surface area contributed by atoms with Crippen molar-refractivity contribution in [3.8, 4) is 0 Å². The third-order valence-corrected chi connectivity index (χ3v) is 18.4. The number of hydrogen-bond donors (Lipinski definition) is 7. The van der Waals surface area contributed by atoms with Crippen molar-refractivity contribution in [2.75, 3.05) is 19.6 Å². The maximum Gasteiger partial charge on any atom is 0.315 e. The largest absolute Gasteiger partial charge is 0.554 e. The predicted molar refractivity (Wildman–Crippen MR) is 302 cm³/mol. The van der Waals surface area contributed by atoms with Crippen LogP contribution in [0.5, 0.6) is 0 Å². The van der Waals surface area contributed by atoms with Crippen LogP contribution in [0.2, 0.25) is 0 Å². The van der Waals surface area contributed by atoms with Crippen molar-refractivity contribution in [3.63, 3.8) is 0 Å². The van der Waals surface area contributed by atoms with Crippen LogP contribution in [0, 0.1) is 51.8 Å². The third-order valence-electron chi connectivity index (χ3n) is 18.4. The third kappa shape index (κ3) is 15.3. The van der Waals surface area contributed by atoms with Gasteiger partial charge in [0, 0.05) is 19.6 Å². The molecule has 2 saturated heterocycles. The average molecular weight is 1160 g/mol. The molecule has 1 aromatic rings. The Bertz CT molecular complexity index is 2620. The highest BCUT2D eigenvalue weighted by Crippen LogP contribution is 2.45. The number of carbonyl (C=O) groups is 12. The van der Waals surface area contributed by atoms with Gasteiger partial charge in [0.05, 0.1) is 41.8 Å². The van der Waals surface area contributed by atoms with E-state index in [0.29, 0.717) is 43.0 Å². The summed E-state index contributed by atoms with van der Waals surface area (Å²) in [4.78, 5) is 156. The number of nitrogens with two attached hydrogens (primary N) is 3. The number of rotatable bonds is 18. The van der Waals surface area contributed by atoms with Crippen molar-refractivity contribution in [1.29, 1.82) is 0 Å². The molecule has 3 aliphatic heterocycles. The van der Waals surface area contributed by atoms with Gasteiger partial charge in [-0.25, -0.2) is 4.79 Å². The van der Waals surface area contributed by atoms with Crippen LogP contribution in [0.25, 0.3) is 0 Å². The van der Waals surface area contributed by atoms with Gasteiger partial charge >= 0.3 is 6.03 Å². The van der Waals surface area contributed by atoms with Gasteiger partial charge < -0.3 is 58.2 Å². The first kappa shape index (κ1) is 65.4. The molecule has 0 bridgehead atoms. The molecule has 0 aromatic heterocycles. The van der Waals surface area contributed by atoms with Crippen LogP contribution in [0.15, 0.2) is 24.3 Å². The topological polar surface area (TPSA) is 364 Å². The van der Waals surface area contributed by atoms with Gasteiger partial charge in [-0.05, 0) is 102 Å². The highest BCUT2D eigenvalue weighted by molar-refractivity contribution is 6.38. The maximum absolute atomic E-state index is 14.5. The summed E-state index contributed by atoms with van der Waals surface area (Å²) in [6.07, 6.45) is 12.0. The first-order valence-electron chi connectivity index (χ1n) is 29.5. The van der Waals surface area contributed by atoms with Gasteiger partial charge in [-0.2, -0.15) is 0 Å². The van der Waals surface area contributed by atoms with Gasteiger partial charge in [-0.3, -0.25) is 52.8 Å². The fraction of sp³-hybridized carbons (Fsp3) is 0.700. The highest BCUT2D eigenvalue weighted by atomic mass is 16.3. The fourth-order valence-electron chi connectivity index (χ4n) is 13.0. The summed E-state index contributed by atoms with van der Waals surface area (Å²) < 4.78 is 0. The summed E-state index contributed by atoms with van der Waals surface area (Å²) in [5.74, 6) is -5.28. The maximum atomic E-state index is 14.5. The molecular formula is C60H89N10O13-. The summed E-state index contributed by atoms with van der Waals surface area (Å²) in [6.45, 7) is 17.1. The molecule has 0 spiro atoms. The molecule has 23 heteroatoms. The molecule has 0 radical (unpaired) electrons. The lowest BCUT2D eigenvalue weighted by Gasteiger charge is -2.38. The molecule has 3 heterocycles. The Morgan fingerprint density at radius 2 is 0.988 bits per heavy atom. The standard InChI is InChI=1S/C37H52N6O7.C22H36N4O4.CH2O2/c1-36(2,3)26(19-43-32(47)23-14-7-8-15-24(23)33(43)48)40-35(50)41-29(37(4,5)6)34(49)42-18-21-13-10-16-22(21)27(42)31(46)39-25(28(44)30(38)45)17-20-11-9-12-20;1-22(2,3)18(23)21(30)26-11-13-8-5-9-14(13)16(26)20(29)25-15(17(27)19(24)28)10-12-6-4-7-12;2-1-3/h7-8,14-15,20-22,25-27,29H,9-13,16-19H2,1-6H3,(H2,38,45)(H,39,46)(H2,40,41,50);12-16,18H,4-11,23H2,1-3H3,(H2,24,28)(H,25,29);1H,(H,2,3)/p-1/t21-,22-,25?,26+,27-,29+;13-,14-,15?,16-,18+;/m00./s1. The van der Waals surface area contributed by atoms with Crippen molar-refractivity contribution in [3.05, 3.63) is 35.4 Å². The smallest absolute Gasteiger partial charge is 0.315 e. The van der Waals surface area contributed by atoms with Crippen LogP contribution >= 0.6 is 0 Å². The molecular weight excluding hydrogens is 1070 g/mol. The molecule has 1 aromatic carbocycles. The summed E-state index contributed by atoms with van der Waals surface area (Å²) in [6, 6.07) is 0.0171. The van der Waals surface area contributed by atoms with E-state index >= 15 is 0 Å². The lowest BCUT2D eigenvalue weighted by molar-refractivity contribution is -0.283. The molecule has 458 valence electrons. The van der Waals surface area contributed by atoms with Crippen LogP contribution in [0.1, 0.15) is 173 Å². The number of carbonyl (C=O) groups excluding carboxylic acids is 12. The molecule has 83 heavy (non-hydrogen) atoms. The van der Waals surface area contributed by atoms with Crippen LogP contribution in [0.3, 0.4) is 0 Å². The Kier molecular flexibility index (Phi) is 21.2. The van der Waals surface area contributed by atoms with E-state index in [2.05, 4.69) is 21.3 Å². The van der Waals surface area contributed by atoms with Gasteiger partial charge in [0.2, 0.25) is 35.2 Å². The average Bonchev–Trinajstić information content (AvgIpc) is 4.44. The van der Waals surface area contributed by atoms with Crippen molar-refractivity contribution in [1.82, 2.24) is 36.0 Å². The molecule has 10 N–H and O–H groups in total. The number of fused-ring (bicyclic) bond motifs is 3. The molecule has 4 aliphatic carbocycles. The van der Waals surface area contributed by atoms with E-state index in [9.17, 15) is 52.7 Å². The summed E-state index contributed by atoms with van der Waals surface area (Å²) >= 11 is 0. The van der Waals surface area contributed by atoms with E-state index in [1.807, 2.05) is 62.3 Å². The van der Waals surface area contributed by atoms with Crippen LogP contribution in [-0.2, 0) is 43.2 Å². The first-order valence-corrected chi connectivity index (χ1v) is 29.5. The Morgan fingerprint density at radius 3 is 1.34 bits per heavy atom. The number of imide groups is 1. The minimum absolute atomic E-state index is 0.0640. The Balaban J connectivity index is 0.000000285. The fourth-order valence-corrected chi connectivity index (χ4v) is 13.0. The number of amides is 10. The number of carboxylic acid groups (broad SMARTS) is 1. The molecule has 4 saturated carbocycles. The normalized spacial score (nSPS) is 24.7. The summed E-state index contributed by atoms with van der Waals surface area (Å²) in [5.41, 5.74) is 15.7. The molecule has 2 unspecified atom stereocenters. The van der Waals surface area contributed by atoms with Crippen LogP contribution in [0.4, 0.5) is 4.79 Å². The number of nitrogens with one attached hydrogen (secondary N) is 4. The van der Waals surface area contributed by atoms with Gasteiger partial charge in [0.15, 0.2) is 0 Å². The number of nitrogens with zero attached hydrogens (tertiary/aromatic N) is 3. The SMILES string of the molecule is CC(C)(C)[C@H](N)C(=O)N1C[C@@H]2CCC[C@@H]2[C@H]1C(=O)NC(CC1CCC1)C(=O)C(N)=O.CC(C)(C)[C@H](NC(=O)N[C@H](CN1C(=O)c2ccccc2C1=O)C(C)(C)C)C(=O)N1C[C@@H]2CCC[C@@H]2[C@H]1C(=O)NC(CC1CCC1)C(=O)C(N)=O.O=C[O-].